The summed E-state index contributed by atoms with van der Waals surface area (Å²) in [5, 5.41) is 25.5. The monoisotopic (exact) mass is 253 g/mol. The van der Waals surface area contributed by atoms with Crippen LogP contribution in [0.2, 0.25) is 0 Å². The molecule has 1 amide bonds. The van der Waals surface area contributed by atoms with Crippen LogP contribution in [-0.4, -0.2) is 29.0 Å². The summed E-state index contributed by atoms with van der Waals surface area (Å²) in [4.78, 5) is 21.3. The average molecular weight is 253 g/mol. The van der Waals surface area contributed by atoms with E-state index in [1.807, 2.05) is 6.92 Å². The Hall–Kier alpha value is -2.15. The van der Waals surface area contributed by atoms with Gasteiger partial charge in [0.25, 0.3) is 5.69 Å². The van der Waals surface area contributed by atoms with Crippen LogP contribution in [0.4, 0.5) is 11.4 Å². The highest BCUT2D eigenvalue weighted by Crippen LogP contribution is 2.27. The molecule has 0 unspecified atom stereocenters. The lowest BCUT2D eigenvalue weighted by Gasteiger charge is -2.07. The molecule has 1 rings (SSSR count). The molecule has 0 heterocycles. The number of rotatable bonds is 6. The molecule has 0 atom stereocenters. The summed E-state index contributed by atoms with van der Waals surface area (Å²) < 4.78 is 0. The number of phenolic OH excluding ortho intramolecular Hbond substituents is 1. The fraction of sp³-hybridized carbons (Fsp3) is 0.364. The second kappa shape index (κ2) is 6.55. The lowest BCUT2D eigenvalue weighted by molar-refractivity contribution is -0.384. The standard InChI is InChI=1S/C11H15N3O4/c1-2-12-6-5-11(16)13-9-4-3-8(14(17)18)7-10(9)15/h3-4,7,12,15H,2,5-6H2,1H3,(H,13,16). The first-order chi connectivity index (χ1) is 8.54. The maximum atomic E-state index is 11.5. The molecule has 1 aromatic rings. The Morgan fingerprint density at radius 1 is 1.50 bits per heavy atom. The van der Waals surface area contributed by atoms with Crippen LogP contribution in [0, 0.1) is 10.1 Å². The third kappa shape index (κ3) is 4.02. The van der Waals surface area contributed by atoms with Crippen molar-refractivity contribution in [2.75, 3.05) is 18.4 Å². The van der Waals surface area contributed by atoms with Crippen molar-refractivity contribution >= 4 is 17.3 Å². The van der Waals surface area contributed by atoms with Gasteiger partial charge in [-0.05, 0) is 12.6 Å². The predicted octanol–water partition coefficient (Wildman–Crippen LogP) is 1.24. The van der Waals surface area contributed by atoms with E-state index in [4.69, 9.17) is 0 Å². The predicted molar refractivity (Wildman–Crippen MR) is 66.6 cm³/mol. The van der Waals surface area contributed by atoms with Gasteiger partial charge in [-0.25, -0.2) is 0 Å². The molecule has 0 aliphatic heterocycles. The van der Waals surface area contributed by atoms with Crippen molar-refractivity contribution in [3.05, 3.63) is 28.3 Å². The van der Waals surface area contributed by atoms with Crippen molar-refractivity contribution < 1.29 is 14.8 Å². The number of aromatic hydroxyl groups is 1. The minimum atomic E-state index is -0.615. The van der Waals surface area contributed by atoms with Crippen molar-refractivity contribution in [2.45, 2.75) is 13.3 Å². The summed E-state index contributed by atoms with van der Waals surface area (Å²) in [5.41, 5.74) is -0.0553. The van der Waals surface area contributed by atoms with Crippen LogP contribution in [0.15, 0.2) is 18.2 Å². The number of phenols is 1. The Balaban J connectivity index is 2.62. The maximum Gasteiger partial charge on any atom is 0.273 e. The van der Waals surface area contributed by atoms with Gasteiger partial charge in [0, 0.05) is 19.0 Å². The van der Waals surface area contributed by atoms with Crippen LogP contribution in [0.25, 0.3) is 0 Å². The van der Waals surface area contributed by atoms with Gasteiger partial charge in [-0.1, -0.05) is 6.92 Å². The largest absolute Gasteiger partial charge is 0.506 e. The average Bonchev–Trinajstić information content (AvgIpc) is 2.32. The maximum absolute atomic E-state index is 11.5. The van der Waals surface area contributed by atoms with Gasteiger partial charge in [-0.2, -0.15) is 0 Å². The Morgan fingerprint density at radius 3 is 2.78 bits per heavy atom. The first kappa shape index (κ1) is 13.9. The lowest BCUT2D eigenvalue weighted by Crippen LogP contribution is -2.21. The molecule has 0 spiro atoms. The summed E-state index contributed by atoms with van der Waals surface area (Å²) in [6.07, 6.45) is 0.268. The number of carbonyl (C=O) groups is 1. The molecule has 0 saturated heterocycles. The molecular formula is C11H15N3O4. The molecule has 0 bridgehead atoms. The zero-order valence-electron chi connectivity index (χ0n) is 9.97. The highest BCUT2D eigenvalue weighted by Gasteiger charge is 2.11. The zero-order chi connectivity index (χ0) is 13.5. The van der Waals surface area contributed by atoms with Gasteiger partial charge in [0.05, 0.1) is 16.7 Å². The Morgan fingerprint density at radius 2 is 2.22 bits per heavy atom. The van der Waals surface area contributed by atoms with Gasteiger partial charge in [0.15, 0.2) is 0 Å². The Labute approximate surface area is 104 Å². The molecule has 0 aromatic heterocycles. The third-order valence-electron chi connectivity index (χ3n) is 2.25. The number of nitrogens with zero attached hydrogens (tertiary/aromatic N) is 1. The fourth-order valence-electron chi connectivity index (χ4n) is 1.33. The quantitative estimate of drug-likeness (QED) is 0.306. The van der Waals surface area contributed by atoms with Crippen LogP contribution < -0.4 is 10.6 Å². The molecule has 1 aromatic carbocycles. The number of anilines is 1. The van der Waals surface area contributed by atoms with Crippen LogP contribution >= 0.6 is 0 Å². The van der Waals surface area contributed by atoms with Crippen molar-refractivity contribution in [1.82, 2.24) is 5.32 Å². The molecular weight excluding hydrogens is 238 g/mol. The molecule has 0 aliphatic rings. The van der Waals surface area contributed by atoms with E-state index in [9.17, 15) is 20.0 Å². The van der Waals surface area contributed by atoms with E-state index >= 15 is 0 Å². The van der Waals surface area contributed by atoms with E-state index in [1.165, 1.54) is 12.1 Å². The number of nitro groups is 1. The summed E-state index contributed by atoms with van der Waals surface area (Å²) >= 11 is 0. The summed E-state index contributed by atoms with van der Waals surface area (Å²) in [5.74, 6) is -0.582. The van der Waals surface area contributed by atoms with E-state index in [0.717, 1.165) is 12.6 Å². The molecule has 7 nitrogen and oxygen atoms in total. The van der Waals surface area contributed by atoms with E-state index < -0.39 is 4.92 Å². The topological polar surface area (TPSA) is 104 Å². The van der Waals surface area contributed by atoms with Gasteiger partial charge >= 0.3 is 0 Å². The summed E-state index contributed by atoms with van der Waals surface area (Å²) in [6.45, 7) is 3.24. The van der Waals surface area contributed by atoms with Gasteiger partial charge in [-0.15, -0.1) is 0 Å². The lowest BCUT2D eigenvalue weighted by atomic mass is 10.2. The van der Waals surface area contributed by atoms with Crippen molar-refractivity contribution in [3.8, 4) is 5.75 Å². The molecule has 18 heavy (non-hydrogen) atoms. The van der Waals surface area contributed by atoms with E-state index in [-0.39, 0.29) is 29.5 Å². The molecule has 7 heteroatoms. The van der Waals surface area contributed by atoms with Crippen LogP contribution in [0.5, 0.6) is 5.75 Å². The SMILES string of the molecule is CCNCCC(=O)Nc1ccc([N+](=O)[O-])cc1O. The summed E-state index contributed by atoms with van der Waals surface area (Å²) in [7, 11) is 0. The second-order valence-corrected chi connectivity index (χ2v) is 3.61. The van der Waals surface area contributed by atoms with Gasteiger partial charge in [0.2, 0.25) is 5.91 Å². The number of amides is 1. The second-order valence-electron chi connectivity index (χ2n) is 3.61. The molecule has 98 valence electrons. The number of benzene rings is 1. The van der Waals surface area contributed by atoms with Crippen LogP contribution in [0.1, 0.15) is 13.3 Å². The molecule has 3 N–H and O–H groups in total. The first-order valence-electron chi connectivity index (χ1n) is 5.52. The molecule has 0 fully saturated rings. The Kier molecular flexibility index (Phi) is 5.06. The number of nitrogens with one attached hydrogen (secondary N) is 2. The number of non-ortho nitro benzene ring substituents is 1. The van der Waals surface area contributed by atoms with Crippen molar-refractivity contribution in [2.24, 2.45) is 0 Å². The minimum Gasteiger partial charge on any atom is -0.506 e. The third-order valence-corrected chi connectivity index (χ3v) is 2.25. The zero-order valence-corrected chi connectivity index (χ0v) is 9.97. The van der Waals surface area contributed by atoms with Gasteiger partial charge in [0.1, 0.15) is 5.75 Å². The molecule has 0 radical (unpaired) electrons. The van der Waals surface area contributed by atoms with E-state index in [1.54, 1.807) is 0 Å². The fourth-order valence-corrected chi connectivity index (χ4v) is 1.33. The summed E-state index contributed by atoms with van der Waals surface area (Å²) in [6, 6.07) is 3.53. The smallest absolute Gasteiger partial charge is 0.273 e. The number of carbonyl (C=O) groups excluding carboxylic acids is 1. The van der Waals surface area contributed by atoms with Crippen LogP contribution in [-0.2, 0) is 4.79 Å². The van der Waals surface area contributed by atoms with Crippen LogP contribution in [0.3, 0.4) is 0 Å². The minimum absolute atomic E-state index is 0.169. The highest BCUT2D eigenvalue weighted by atomic mass is 16.6. The normalized spacial score (nSPS) is 10.1. The number of hydrogen-bond acceptors (Lipinski definition) is 5. The van der Waals surface area contributed by atoms with Gasteiger partial charge < -0.3 is 15.7 Å². The number of hydrogen-bond donors (Lipinski definition) is 3. The van der Waals surface area contributed by atoms with Crippen molar-refractivity contribution in [3.63, 3.8) is 0 Å². The molecule has 0 aliphatic carbocycles. The highest BCUT2D eigenvalue weighted by molar-refractivity contribution is 5.92. The van der Waals surface area contributed by atoms with Crippen molar-refractivity contribution in [1.29, 1.82) is 0 Å². The first-order valence-corrected chi connectivity index (χ1v) is 5.52. The van der Waals surface area contributed by atoms with E-state index in [2.05, 4.69) is 10.6 Å². The van der Waals surface area contributed by atoms with E-state index in [0.29, 0.717) is 6.54 Å². The number of nitro benzene ring substituents is 1. The molecule has 0 saturated carbocycles. The van der Waals surface area contributed by atoms with Gasteiger partial charge in [-0.3, -0.25) is 14.9 Å². The Bertz CT molecular complexity index is 448.